The van der Waals surface area contributed by atoms with E-state index in [2.05, 4.69) is 4.72 Å². The van der Waals surface area contributed by atoms with Crippen molar-refractivity contribution in [1.29, 1.82) is 0 Å². The number of amides is 4. The minimum absolute atomic E-state index is 0.516. The van der Waals surface area contributed by atoms with Gasteiger partial charge in [-0.3, -0.25) is 10.0 Å². The van der Waals surface area contributed by atoms with Gasteiger partial charge < -0.3 is 5.73 Å². The molecule has 0 spiro atoms. The van der Waals surface area contributed by atoms with Crippen LogP contribution >= 0.6 is 11.9 Å². The van der Waals surface area contributed by atoms with E-state index in [4.69, 9.17) is 5.73 Å². The minimum Gasteiger partial charge on any atom is -0.351 e. The van der Waals surface area contributed by atoms with Crippen LogP contribution in [0.3, 0.4) is 0 Å². The Balaban J connectivity index is 1.70. The minimum atomic E-state index is -0.818. The number of urea groups is 2. The summed E-state index contributed by atoms with van der Waals surface area (Å²) in [5.41, 5.74) is 4.82. The van der Waals surface area contributed by atoms with Gasteiger partial charge in [0.25, 0.3) is 0 Å². The third-order valence-electron chi connectivity index (χ3n) is 3.21. The Labute approximate surface area is 92.7 Å². The van der Waals surface area contributed by atoms with Crippen molar-refractivity contribution in [2.45, 2.75) is 30.9 Å². The molecular formula is C9H15N3O2S. The number of rotatable bonds is 2. The van der Waals surface area contributed by atoms with Gasteiger partial charge in [-0.05, 0) is 43.0 Å². The number of nitrogens with two attached hydrogens (primary N) is 1. The number of hydrogen-bond acceptors (Lipinski definition) is 3. The van der Waals surface area contributed by atoms with Gasteiger partial charge in [0.2, 0.25) is 0 Å². The summed E-state index contributed by atoms with van der Waals surface area (Å²) in [5.74, 6) is 1.60. The van der Waals surface area contributed by atoms with Crippen molar-refractivity contribution in [3.63, 3.8) is 0 Å². The maximum atomic E-state index is 11.1. The number of nitrogens with one attached hydrogen (secondary N) is 2. The molecule has 5 nitrogen and oxygen atoms in total. The van der Waals surface area contributed by atoms with Gasteiger partial charge in [-0.15, -0.1) is 0 Å². The summed E-state index contributed by atoms with van der Waals surface area (Å²) in [6.07, 6.45) is 5.11. The highest BCUT2D eigenvalue weighted by atomic mass is 32.2. The second-order valence-corrected chi connectivity index (χ2v) is 5.30. The molecule has 2 rings (SSSR count). The Kier molecular flexibility index (Phi) is 3.04. The molecule has 0 aromatic carbocycles. The zero-order valence-electron chi connectivity index (χ0n) is 8.36. The van der Waals surface area contributed by atoms with Crippen molar-refractivity contribution >= 4 is 24.0 Å². The standard InChI is InChI=1S/C9H15N3O2S/c10-8(13)11-9(14)12-15-7-4-5-1-2-6(7)3-5/h5-7H,1-4H2,(H4,10,11,12,13,14). The molecule has 2 aliphatic carbocycles. The summed E-state index contributed by atoms with van der Waals surface area (Å²) in [6.45, 7) is 0. The van der Waals surface area contributed by atoms with Crippen LogP contribution in [0.25, 0.3) is 0 Å². The van der Waals surface area contributed by atoms with Crippen LogP contribution < -0.4 is 15.8 Å². The fraction of sp³-hybridized carbons (Fsp3) is 0.778. The Hall–Kier alpha value is -0.910. The lowest BCUT2D eigenvalue weighted by molar-refractivity contribution is 0.235. The molecule has 2 fully saturated rings. The second kappa shape index (κ2) is 4.30. The first-order valence-electron chi connectivity index (χ1n) is 5.17. The maximum absolute atomic E-state index is 11.1. The van der Waals surface area contributed by atoms with E-state index in [1.807, 2.05) is 5.32 Å². The average Bonchev–Trinajstić information content (AvgIpc) is 2.74. The van der Waals surface area contributed by atoms with E-state index in [0.717, 1.165) is 11.8 Å². The van der Waals surface area contributed by atoms with Crippen molar-refractivity contribution in [3.05, 3.63) is 0 Å². The molecule has 15 heavy (non-hydrogen) atoms. The lowest BCUT2D eigenvalue weighted by atomic mass is 10.0. The fourth-order valence-electron chi connectivity index (χ4n) is 2.60. The van der Waals surface area contributed by atoms with Gasteiger partial charge >= 0.3 is 12.1 Å². The molecule has 84 valence electrons. The smallest absolute Gasteiger partial charge is 0.332 e. The lowest BCUT2D eigenvalue weighted by Crippen LogP contribution is -2.40. The molecule has 6 heteroatoms. The van der Waals surface area contributed by atoms with E-state index in [1.165, 1.54) is 37.6 Å². The summed E-state index contributed by atoms with van der Waals surface area (Å²) in [4.78, 5) is 21.4. The van der Waals surface area contributed by atoms with E-state index < -0.39 is 12.1 Å². The molecular weight excluding hydrogens is 214 g/mol. The highest BCUT2D eigenvalue weighted by Gasteiger charge is 2.40. The third-order valence-corrected chi connectivity index (χ3v) is 4.40. The molecule has 0 radical (unpaired) electrons. The molecule has 3 unspecified atom stereocenters. The van der Waals surface area contributed by atoms with Crippen molar-refractivity contribution < 1.29 is 9.59 Å². The molecule has 0 aliphatic heterocycles. The molecule has 2 bridgehead atoms. The quantitative estimate of drug-likeness (QED) is 0.622. The summed E-state index contributed by atoms with van der Waals surface area (Å²) in [7, 11) is 0. The summed E-state index contributed by atoms with van der Waals surface area (Å²) in [5, 5.41) is 2.49. The Bertz CT molecular complexity index is 285. The van der Waals surface area contributed by atoms with Crippen molar-refractivity contribution in [2.24, 2.45) is 17.6 Å². The normalized spacial score (nSPS) is 32.7. The first kappa shape index (κ1) is 10.6. The number of fused-ring (bicyclic) bond motifs is 2. The monoisotopic (exact) mass is 229 g/mol. The molecule has 3 atom stereocenters. The molecule has 4 amide bonds. The van der Waals surface area contributed by atoms with Crippen LogP contribution in [0.2, 0.25) is 0 Å². The Morgan fingerprint density at radius 1 is 1.27 bits per heavy atom. The van der Waals surface area contributed by atoms with Gasteiger partial charge in [0.15, 0.2) is 0 Å². The molecule has 0 heterocycles. The van der Waals surface area contributed by atoms with E-state index in [0.29, 0.717) is 5.25 Å². The van der Waals surface area contributed by atoms with Crippen LogP contribution in [0.4, 0.5) is 9.59 Å². The predicted molar refractivity (Wildman–Crippen MR) is 58.1 cm³/mol. The van der Waals surface area contributed by atoms with Crippen LogP contribution in [0.15, 0.2) is 0 Å². The molecule has 0 saturated heterocycles. The zero-order chi connectivity index (χ0) is 10.8. The van der Waals surface area contributed by atoms with E-state index in [1.54, 1.807) is 0 Å². The SMILES string of the molecule is NC(=O)NC(=O)NSC1CC2CCC1C2. The number of imide groups is 1. The first-order valence-corrected chi connectivity index (χ1v) is 6.05. The molecule has 0 aromatic rings. The topological polar surface area (TPSA) is 84.2 Å². The highest BCUT2D eigenvalue weighted by Crippen LogP contribution is 2.48. The number of carbonyl (C=O) groups excluding carboxylic acids is 2. The first-order chi connectivity index (χ1) is 7.15. The molecule has 4 N–H and O–H groups in total. The molecule has 2 saturated carbocycles. The summed E-state index contributed by atoms with van der Waals surface area (Å²) >= 11 is 1.43. The van der Waals surface area contributed by atoms with Gasteiger partial charge in [0.05, 0.1) is 0 Å². The van der Waals surface area contributed by atoms with Crippen LogP contribution in [-0.2, 0) is 0 Å². The van der Waals surface area contributed by atoms with E-state index in [-0.39, 0.29) is 0 Å². The second-order valence-electron chi connectivity index (χ2n) is 4.25. The van der Waals surface area contributed by atoms with Crippen LogP contribution in [0.5, 0.6) is 0 Å². The summed E-state index contributed by atoms with van der Waals surface area (Å²) in [6, 6.07) is -1.34. The third kappa shape index (κ3) is 2.56. The van der Waals surface area contributed by atoms with Gasteiger partial charge in [0, 0.05) is 5.25 Å². The summed E-state index contributed by atoms with van der Waals surface area (Å²) < 4.78 is 2.61. The Morgan fingerprint density at radius 3 is 2.60 bits per heavy atom. The predicted octanol–water partition coefficient (Wildman–Crippen LogP) is 1.20. The maximum Gasteiger partial charge on any atom is 0.332 e. The fourth-order valence-corrected chi connectivity index (χ4v) is 3.71. The van der Waals surface area contributed by atoms with Crippen LogP contribution in [0.1, 0.15) is 25.7 Å². The highest BCUT2D eigenvalue weighted by molar-refractivity contribution is 7.98. The van der Waals surface area contributed by atoms with E-state index >= 15 is 0 Å². The van der Waals surface area contributed by atoms with Gasteiger partial charge in [-0.1, -0.05) is 6.42 Å². The van der Waals surface area contributed by atoms with Crippen molar-refractivity contribution in [2.75, 3.05) is 0 Å². The molecule has 0 aromatic heterocycles. The van der Waals surface area contributed by atoms with Gasteiger partial charge in [-0.25, -0.2) is 9.59 Å². The zero-order valence-corrected chi connectivity index (χ0v) is 9.18. The van der Waals surface area contributed by atoms with Crippen LogP contribution in [-0.4, -0.2) is 17.3 Å². The Morgan fingerprint density at radius 2 is 2.07 bits per heavy atom. The van der Waals surface area contributed by atoms with Crippen LogP contribution in [0, 0.1) is 11.8 Å². The lowest BCUT2D eigenvalue weighted by Gasteiger charge is -2.20. The number of carbonyl (C=O) groups is 2. The largest absolute Gasteiger partial charge is 0.351 e. The van der Waals surface area contributed by atoms with Gasteiger partial charge in [-0.2, -0.15) is 0 Å². The van der Waals surface area contributed by atoms with Crippen molar-refractivity contribution in [3.8, 4) is 0 Å². The number of hydrogen-bond donors (Lipinski definition) is 3. The average molecular weight is 229 g/mol. The molecule has 2 aliphatic rings. The van der Waals surface area contributed by atoms with Crippen molar-refractivity contribution in [1.82, 2.24) is 10.0 Å². The van der Waals surface area contributed by atoms with E-state index in [9.17, 15) is 9.59 Å². The number of primary amides is 1. The van der Waals surface area contributed by atoms with Gasteiger partial charge in [0.1, 0.15) is 0 Å².